The largest absolute Gasteiger partial charge is 0.382 e. The molecule has 1 aliphatic rings. The second-order valence-electron chi connectivity index (χ2n) is 4.70. The molecule has 1 saturated heterocycles. The number of halogens is 2. The molecule has 0 atom stereocenters. The summed E-state index contributed by atoms with van der Waals surface area (Å²) in [6.07, 6.45) is 2.14. The van der Waals surface area contributed by atoms with E-state index in [9.17, 15) is 13.9 Å². The van der Waals surface area contributed by atoms with Gasteiger partial charge >= 0.3 is 0 Å². The monoisotopic (exact) mass is 241 g/mol. The van der Waals surface area contributed by atoms with E-state index in [0.29, 0.717) is 13.1 Å². The highest BCUT2D eigenvalue weighted by Crippen LogP contribution is 2.34. The van der Waals surface area contributed by atoms with Crippen molar-refractivity contribution in [2.75, 3.05) is 19.6 Å². The van der Waals surface area contributed by atoms with Gasteiger partial charge in [-0.1, -0.05) is 25.5 Å². The first-order valence-electron chi connectivity index (χ1n) is 5.96. The van der Waals surface area contributed by atoms with Gasteiger partial charge in [0.25, 0.3) is 0 Å². The third-order valence-electron chi connectivity index (χ3n) is 3.25. The van der Waals surface area contributed by atoms with Gasteiger partial charge in [-0.2, -0.15) is 0 Å². The highest BCUT2D eigenvalue weighted by molar-refractivity contribution is 5.28. The molecule has 4 heteroatoms. The molecule has 0 saturated carbocycles. The maximum atomic E-state index is 13.5. The molecule has 94 valence electrons. The fourth-order valence-corrected chi connectivity index (χ4v) is 2.27. The van der Waals surface area contributed by atoms with Gasteiger partial charge in [-0.15, -0.1) is 0 Å². The third-order valence-corrected chi connectivity index (χ3v) is 3.25. The van der Waals surface area contributed by atoms with Crippen LogP contribution in [0.4, 0.5) is 8.78 Å². The van der Waals surface area contributed by atoms with Crippen molar-refractivity contribution in [3.8, 4) is 0 Å². The lowest BCUT2D eigenvalue weighted by Gasteiger charge is -2.47. The van der Waals surface area contributed by atoms with Crippen LogP contribution < -0.4 is 0 Å². The average molecular weight is 241 g/mol. The van der Waals surface area contributed by atoms with Crippen molar-refractivity contribution < 1.29 is 13.9 Å². The van der Waals surface area contributed by atoms with E-state index in [1.807, 2.05) is 4.90 Å². The zero-order chi connectivity index (χ0) is 12.5. The van der Waals surface area contributed by atoms with Crippen LogP contribution in [0.15, 0.2) is 18.2 Å². The molecule has 0 aliphatic carbocycles. The van der Waals surface area contributed by atoms with Crippen molar-refractivity contribution in [2.24, 2.45) is 0 Å². The molecule has 1 fully saturated rings. The summed E-state index contributed by atoms with van der Waals surface area (Å²) in [4.78, 5) is 2.05. The van der Waals surface area contributed by atoms with Gasteiger partial charge in [-0.05, 0) is 19.0 Å². The Balaban J connectivity index is 2.06. The van der Waals surface area contributed by atoms with Gasteiger partial charge < -0.3 is 5.11 Å². The molecule has 0 spiro atoms. The lowest BCUT2D eigenvalue weighted by Crippen LogP contribution is -2.59. The van der Waals surface area contributed by atoms with Gasteiger partial charge in [0.05, 0.1) is 0 Å². The summed E-state index contributed by atoms with van der Waals surface area (Å²) in [6, 6.07) is 3.95. The Morgan fingerprint density at radius 3 is 2.71 bits per heavy atom. The third kappa shape index (κ3) is 2.33. The van der Waals surface area contributed by atoms with Gasteiger partial charge in [0.15, 0.2) is 11.6 Å². The van der Waals surface area contributed by atoms with E-state index in [1.165, 1.54) is 12.1 Å². The second-order valence-corrected chi connectivity index (χ2v) is 4.70. The summed E-state index contributed by atoms with van der Waals surface area (Å²) < 4.78 is 26.6. The van der Waals surface area contributed by atoms with Crippen molar-refractivity contribution in [3.63, 3.8) is 0 Å². The summed E-state index contributed by atoms with van der Waals surface area (Å²) in [5.74, 6) is -1.83. The summed E-state index contributed by atoms with van der Waals surface area (Å²) in [6.45, 7) is 3.76. The van der Waals surface area contributed by atoms with Crippen LogP contribution in [-0.2, 0) is 5.60 Å². The van der Waals surface area contributed by atoms with Crippen LogP contribution in [0.3, 0.4) is 0 Å². The van der Waals surface area contributed by atoms with Crippen LogP contribution in [0, 0.1) is 11.6 Å². The van der Waals surface area contributed by atoms with Gasteiger partial charge in [-0.25, -0.2) is 8.78 Å². The molecule has 2 rings (SSSR count). The minimum absolute atomic E-state index is 0.0743. The standard InChI is InChI=1S/C13H17F2NO/c1-2-3-7-16-8-13(17,9-16)10-5-4-6-11(14)12(10)15/h4-6,17H,2-3,7-9H2,1H3. The first-order chi connectivity index (χ1) is 8.07. The Morgan fingerprint density at radius 1 is 1.35 bits per heavy atom. The Morgan fingerprint density at radius 2 is 2.06 bits per heavy atom. The fourth-order valence-electron chi connectivity index (χ4n) is 2.27. The summed E-state index contributed by atoms with van der Waals surface area (Å²) in [5.41, 5.74) is -1.15. The van der Waals surface area contributed by atoms with Crippen molar-refractivity contribution in [1.82, 2.24) is 4.90 Å². The number of hydrogen-bond donors (Lipinski definition) is 1. The molecule has 0 aromatic heterocycles. The molecule has 0 unspecified atom stereocenters. The van der Waals surface area contributed by atoms with Crippen LogP contribution in [0.5, 0.6) is 0 Å². The van der Waals surface area contributed by atoms with Crippen molar-refractivity contribution in [1.29, 1.82) is 0 Å². The molecule has 1 aliphatic heterocycles. The van der Waals surface area contributed by atoms with E-state index in [0.717, 1.165) is 25.5 Å². The van der Waals surface area contributed by atoms with Crippen molar-refractivity contribution in [3.05, 3.63) is 35.4 Å². The lowest BCUT2D eigenvalue weighted by atomic mass is 9.85. The fraction of sp³-hybridized carbons (Fsp3) is 0.538. The SMILES string of the molecule is CCCCN1CC(O)(c2cccc(F)c2F)C1. The maximum absolute atomic E-state index is 13.5. The number of aliphatic hydroxyl groups is 1. The smallest absolute Gasteiger partial charge is 0.164 e. The van der Waals surface area contributed by atoms with Gasteiger partial charge in [0.2, 0.25) is 0 Å². The van der Waals surface area contributed by atoms with E-state index >= 15 is 0 Å². The number of unbranched alkanes of at least 4 members (excludes halogenated alkanes) is 1. The molecule has 1 aromatic rings. The molecule has 2 nitrogen and oxygen atoms in total. The van der Waals surface area contributed by atoms with Crippen molar-refractivity contribution in [2.45, 2.75) is 25.4 Å². The summed E-state index contributed by atoms with van der Waals surface area (Å²) in [5, 5.41) is 10.2. The minimum Gasteiger partial charge on any atom is -0.382 e. The highest BCUT2D eigenvalue weighted by atomic mass is 19.2. The van der Waals surface area contributed by atoms with Gasteiger partial charge in [0, 0.05) is 18.7 Å². The lowest BCUT2D eigenvalue weighted by molar-refractivity contribution is -0.106. The molecule has 1 heterocycles. The Kier molecular flexibility index (Phi) is 3.45. The Hall–Kier alpha value is -1.00. The highest BCUT2D eigenvalue weighted by Gasteiger charge is 2.44. The number of β-amino-alcohol motifs (C(OH)–C–C–N with tert-alkyl or cyclic N) is 1. The molecule has 1 aromatic carbocycles. The van der Waals surface area contributed by atoms with Gasteiger partial charge in [0.1, 0.15) is 5.60 Å². The molecule has 1 N–H and O–H groups in total. The molecule has 0 bridgehead atoms. The van der Waals surface area contributed by atoms with Crippen molar-refractivity contribution >= 4 is 0 Å². The average Bonchev–Trinajstić information content (AvgIpc) is 2.26. The molecule has 17 heavy (non-hydrogen) atoms. The number of nitrogens with zero attached hydrogens (tertiary/aromatic N) is 1. The van der Waals surface area contributed by atoms with E-state index < -0.39 is 17.2 Å². The predicted molar refractivity (Wildman–Crippen MR) is 61.6 cm³/mol. The maximum Gasteiger partial charge on any atom is 0.164 e. The summed E-state index contributed by atoms with van der Waals surface area (Å²) in [7, 11) is 0. The second kappa shape index (κ2) is 4.70. The van der Waals surface area contributed by atoms with Crippen LogP contribution in [0.2, 0.25) is 0 Å². The first kappa shape index (κ1) is 12.5. The Bertz CT molecular complexity index is 402. The topological polar surface area (TPSA) is 23.5 Å². The van der Waals surface area contributed by atoms with E-state index in [4.69, 9.17) is 0 Å². The Labute approximate surface area is 99.9 Å². The molecular weight excluding hydrogens is 224 g/mol. The zero-order valence-corrected chi connectivity index (χ0v) is 9.92. The van der Waals surface area contributed by atoms with Crippen LogP contribution in [-0.4, -0.2) is 29.6 Å². The molecule has 0 radical (unpaired) electrons. The number of hydrogen-bond acceptors (Lipinski definition) is 2. The van der Waals surface area contributed by atoms with E-state index in [1.54, 1.807) is 0 Å². The first-order valence-corrected chi connectivity index (χ1v) is 5.96. The minimum atomic E-state index is -1.22. The number of likely N-dealkylation sites (tertiary alicyclic amines) is 1. The normalized spacial score (nSPS) is 19.1. The zero-order valence-electron chi connectivity index (χ0n) is 9.92. The van der Waals surface area contributed by atoms with Crippen LogP contribution in [0.25, 0.3) is 0 Å². The van der Waals surface area contributed by atoms with Crippen LogP contribution >= 0.6 is 0 Å². The predicted octanol–water partition coefficient (Wildman–Crippen LogP) is 2.27. The molecular formula is C13H17F2NO. The number of benzene rings is 1. The summed E-state index contributed by atoms with van der Waals surface area (Å²) >= 11 is 0. The van der Waals surface area contributed by atoms with Gasteiger partial charge in [-0.3, -0.25) is 4.90 Å². The molecule has 0 amide bonds. The van der Waals surface area contributed by atoms with E-state index in [-0.39, 0.29) is 5.56 Å². The quantitative estimate of drug-likeness (QED) is 0.874. The van der Waals surface area contributed by atoms with Crippen LogP contribution in [0.1, 0.15) is 25.3 Å². The number of rotatable bonds is 4. The van der Waals surface area contributed by atoms with E-state index in [2.05, 4.69) is 6.92 Å².